The molecule has 102 valence electrons. The molecule has 0 aromatic heterocycles. The molecule has 1 aromatic rings. The van der Waals surface area contributed by atoms with E-state index in [1.807, 2.05) is 0 Å². The second-order valence-corrected chi connectivity index (χ2v) is 4.92. The summed E-state index contributed by atoms with van der Waals surface area (Å²) in [6, 6.07) is 4.87. The predicted octanol–water partition coefficient (Wildman–Crippen LogP) is 1.99. The Hall–Kier alpha value is -1.59. The van der Waals surface area contributed by atoms with Gasteiger partial charge in [0.15, 0.2) is 0 Å². The highest BCUT2D eigenvalue weighted by Crippen LogP contribution is 2.25. The molecular formula is C13H16ClN3O2. The van der Waals surface area contributed by atoms with E-state index in [0.717, 1.165) is 19.4 Å². The van der Waals surface area contributed by atoms with Gasteiger partial charge in [-0.1, -0.05) is 11.6 Å². The van der Waals surface area contributed by atoms with Crippen molar-refractivity contribution < 1.29 is 9.59 Å². The molecule has 1 saturated heterocycles. The monoisotopic (exact) mass is 281 g/mol. The van der Waals surface area contributed by atoms with Crippen molar-refractivity contribution in [2.45, 2.75) is 25.8 Å². The number of carbonyl (C=O) groups is 2. The number of nitrogens with one attached hydrogen (secondary N) is 3. The number of halogens is 1. The van der Waals surface area contributed by atoms with Gasteiger partial charge in [0.25, 0.3) is 0 Å². The van der Waals surface area contributed by atoms with Gasteiger partial charge in [-0.2, -0.15) is 0 Å². The topological polar surface area (TPSA) is 70.2 Å². The van der Waals surface area contributed by atoms with Gasteiger partial charge in [0.1, 0.15) is 0 Å². The Labute approximate surface area is 116 Å². The Morgan fingerprint density at radius 1 is 1.37 bits per heavy atom. The Morgan fingerprint density at radius 3 is 2.74 bits per heavy atom. The largest absolute Gasteiger partial charge is 0.325 e. The third-order valence-electron chi connectivity index (χ3n) is 2.92. The number of rotatable bonds is 3. The number of amides is 2. The van der Waals surface area contributed by atoms with E-state index in [0.29, 0.717) is 16.4 Å². The van der Waals surface area contributed by atoms with Crippen LogP contribution in [-0.2, 0) is 9.59 Å². The third kappa shape index (κ3) is 3.68. The van der Waals surface area contributed by atoms with Gasteiger partial charge in [-0.05, 0) is 37.6 Å². The van der Waals surface area contributed by atoms with Crippen LogP contribution in [-0.4, -0.2) is 24.4 Å². The molecule has 1 aromatic carbocycles. The lowest BCUT2D eigenvalue weighted by Crippen LogP contribution is -2.35. The molecule has 3 N–H and O–H groups in total. The number of hydrogen-bond donors (Lipinski definition) is 3. The minimum atomic E-state index is -0.186. The zero-order chi connectivity index (χ0) is 13.8. The second kappa shape index (κ2) is 6.04. The van der Waals surface area contributed by atoms with Gasteiger partial charge in [-0.15, -0.1) is 0 Å². The van der Waals surface area contributed by atoms with E-state index in [4.69, 9.17) is 11.6 Å². The normalized spacial score (nSPS) is 18.1. The summed E-state index contributed by atoms with van der Waals surface area (Å²) in [5, 5.41) is 8.94. The van der Waals surface area contributed by atoms with Crippen LogP contribution < -0.4 is 16.0 Å². The molecule has 19 heavy (non-hydrogen) atoms. The first-order chi connectivity index (χ1) is 9.06. The average molecular weight is 282 g/mol. The molecule has 1 atom stereocenters. The van der Waals surface area contributed by atoms with Gasteiger partial charge >= 0.3 is 0 Å². The van der Waals surface area contributed by atoms with Crippen LogP contribution in [0.15, 0.2) is 18.2 Å². The molecule has 0 aliphatic carbocycles. The SMILES string of the molecule is CC(=O)Nc1ccc(NC(=O)[C@H]2CCCN2)cc1Cl. The minimum absolute atomic E-state index is 0.0548. The molecule has 0 radical (unpaired) electrons. The van der Waals surface area contributed by atoms with Crippen molar-refractivity contribution in [3.63, 3.8) is 0 Å². The van der Waals surface area contributed by atoms with Gasteiger partial charge in [0, 0.05) is 12.6 Å². The Morgan fingerprint density at radius 2 is 2.16 bits per heavy atom. The second-order valence-electron chi connectivity index (χ2n) is 4.51. The summed E-state index contributed by atoms with van der Waals surface area (Å²) in [4.78, 5) is 22.9. The Bertz CT molecular complexity index is 499. The maximum absolute atomic E-state index is 11.9. The maximum atomic E-state index is 11.9. The van der Waals surface area contributed by atoms with Crippen molar-refractivity contribution in [2.24, 2.45) is 0 Å². The van der Waals surface area contributed by atoms with Gasteiger partial charge in [-0.25, -0.2) is 0 Å². The van der Waals surface area contributed by atoms with E-state index in [1.165, 1.54) is 6.92 Å². The quantitative estimate of drug-likeness (QED) is 0.793. The average Bonchev–Trinajstić information content (AvgIpc) is 2.86. The van der Waals surface area contributed by atoms with Crippen LogP contribution in [0.3, 0.4) is 0 Å². The van der Waals surface area contributed by atoms with Crippen molar-refractivity contribution in [1.29, 1.82) is 0 Å². The van der Waals surface area contributed by atoms with Crippen molar-refractivity contribution in [1.82, 2.24) is 5.32 Å². The fourth-order valence-electron chi connectivity index (χ4n) is 2.02. The molecule has 5 nitrogen and oxygen atoms in total. The molecule has 0 spiro atoms. The van der Waals surface area contributed by atoms with Crippen LogP contribution in [0.25, 0.3) is 0 Å². The van der Waals surface area contributed by atoms with Crippen LogP contribution >= 0.6 is 11.6 Å². The van der Waals surface area contributed by atoms with Gasteiger partial charge < -0.3 is 16.0 Å². The van der Waals surface area contributed by atoms with Crippen molar-refractivity contribution in [3.05, 3.63) is 23.2 Å². The first-order valence-corrected chi connectivity index (χ1v) is 6.55. The Balaban J connectivity index is 2.03. The van der Waals surface area contributed by atoms with Crippen molar-refractivity contribution >= 4 is 34.8 Å². The van der Waals surface area contributed by atoms with Crippen LogP contribution in [0.1, 0.15) is 19.8 Å². The molecule has 1 aliphatic rings. The van der Waals surface area contributed by atoms with Gasteiger partial charge in [0.2, 0.25) is 11.8 Å². The van der Waals surface area contributed by atoms with Crippen molar-refractivity contribution in [3.8, 4) is 0 Å². The summed E-state index contributed by atoms with van der Waals surface area (Å²) >= 11 is 6.03. The fraction of sp³-hybridized carbons (Fsp3) is 0.385. The first-order valence-electron chi connectivity index (χ1n) is 6.17. The number of hydrogen-bond acceptors (Lipinski definition) is 3. The standard InChI is InChI=1S/C13H16ClN3O2/c1-8(18)16-11-5-4-9(7-10(11)14)17-13(19)12-3-2-6-15-12/h4-5,7,12,15H,2-3,6H2,1H3,(H,16,18)(H,17,19)/t12-/m1/s1. The van der Waals surface area contributed by atoms with Crippen LogP contribution in [0.5, 0.6) is 0 Å². The fourth-order valence-corrected chi connectivity index (χ4v) is 2.25. The molecule has 2 rings (SSSR count). The third-order valence-corrected chi connectivity index (χ3v) is 3.24. The van der Waals surface area contributed by atoms with Crippen LogP contribution in [0.2, 0.25) is 5.02 Å². The number of carbonyl (C=O) groups excluding carboxylic acids is 2. The number of anilines is 2. The van der Waals surface area contributed by atoms with Crippen molar-refractivity contribution in [2.75, 3.05) is 17.2 Å². The van der Waals surface area contributed by atoms with E-state index < -0.39 is 0 Å². The number of benzene rings is 1. The highest BCUT2D eigenvalue weighted by Gasteiger charge is 2.21. The smallest absolute Gasteiger partial charge is 0.241 e. The van der Waals surface area contributed by atoms with E-state index in [2.05, 4.69) is 16.0 Å². The molecule has 6 heteroatoms. The zero-order valence-corrected chi connectivity index (χ0v) is 11.4. The molecule has 1 heterocycles. The maximum Gasteiger partial charge on any atom is 0.241 e. The predicted molar refractivity (Wildman–Crippen MR) is 75.4 cm³/mol. The molecule has 0 saturated carbocycles. The summed E-state index contributed by atoms with van der Waals surface area (Å²) < 4.78 is 0. The Kier molecular flexibility index (Phi) is 4.39. The summed E-state index contributed by atoms with van der Waals surface area (Å²) in [6.07, 6.45) is 1.86. The lowest BCUT2D eigenvalue weighted by atomic mass is 10.2. The van der Waals surface area contributed by atoms with E-state index in [9.17, 15) is 9.59 Å². The van der Waals surface area contributed by atoms with Gasteiger partial charge in [0.05, 0.1) is 16.8 Å². The summed E-state index contributed by atoms with van der Waals surface area (Å²) in [6.45, 7) is 2.29. The first kappa shape index (κ1) is 13.8. The van der Waals surface area contributed by atoms with Gasteiger partial charge in [-0.3, -0.25) is 9.59 Å². The molecule has 0 unspecified atom stereocenters. The lowest BCUT2D eigenvalue weighted by Gasteiger charge is -2.12. The molecular weight excluding hydrogens is 266 g/mol. The van der Waals surface area contributed by atoms with E-state index in [1.54, 1.807) is 18.2 Å². The summed E-state index contributed by atoms with van der Waals surface area (Å²) in [5.41, 5.74) is 1.16. The molecule has 1 fully saturated rings. The van der Waals surface area contributed by atoms with Crippen LogP contribution in [0.4, 0.5) is 11.4 Å². The lowest BCUT2D eigenvalue weighted by molar-refractivity contribution is -0.118. The summed E-state index contributed by atoms with van der Waals surface area (Å²) in [5.74, 6) is -0.241. The zero-order valence-electron chi connectivity index (χ0n) is 10.6. The highest BCUT2D eigenvalue weighted by atomic mass is 35.5. The molecule has 0 bridgehead atoms. The van der Waals surface area contributed by atoms with E-state index in [-0.39, 0.29) is 17.9 Å². The molecule has 1 aliphatic heterocycles. The summed E-state index contributed by atoms with van der Waals surface area (Å²) in [7, 11) is 0. The highest BCUT2D eigenvalue weighted by molar-refractivity contribution is 6.34. The van der Waals surface area contributed by atoms with Crippen LogP contribution in [0, 0.1) is 0 Å². The molecule has 2 amide bonds. The minimum Gasteiger partial charge on any atom is -0.325 e. The van der Waals surface area contributed by atoms with E-state index >= 15 is 0 Å².